The van der Waals surface area contributed by atoms with Gasteiger partial charge in [0.25, 0.3) is 0 Å². The van der Waals surface area contributed by atoms with E-state index in [-0.39, 0.29) is 0 Å². The third-order valence-corrected chi connectivity index (χ3v) is 10.8. The summed E-state index contributed by atoms with van der Waals surface area (Å²) in [6, 6.07) is 72.2. The number of benzene rings is 8. The monoisotopic (exact) mass is 690 g/mol. The molecular weight excluding hydrogens is 657 g/mol. The zero-order valence-electron chi connectivity index (χ0n) is 29.4. The number of hydrogen-bond donors (Lipinski definition) is 0. The Bertz CT molecular complexity index is 3130. The van der Waals surface area contributed by atoms with Gasteiger partial charge in [-0.1, -0.05) is 91.0 Å². The van der Waals surface area contributed by atoms with E-state index < -0.39 is 0 Å². The van der Waals surface area contributed by atoms with Gasteiger partial charge in [-0.2, -0.15) is 0 Å². The molecule has 3 aromatic heterocycles. The van der Waals surface area contributed by atoms with Gasteiger partial charge in [0.1, 0.15) is 0 Å². The molecule has 0 unspecified atom stereocenters. The lowest BCUT2D eigenvalue weighted by Crippen LogP contribution is -2.10. The first-order chi connectivity index (χ1) is 26.8. The molecule has 4 nitrogen and oxygen atoms in total. The van der Waals surface area contributed by atoms with Crippen LogP contribution in [0.1, 0.15) is 0 Å². The van der Waals surface area contributed by atoms with E-state index in [0.717, 1.165) is 34.1 Å². The minimum atomic E-state index is 1.10. The van der Waals surface area contributed by atoms with Gasteiger partial charge in [0.15, 0.2) is 0 Å². The molecule has 0 atom stereocenters. The number of rotatable bonds is 6. The molecule has 3 heterocycles. The molecule has 0 aliphatic carbocycles. The molecule has 0 bridgehead atoms. The van der Waals surface area contributed by atoms with Crippen LogP contribution in [0.5, 0.6) is 0 Å². The van der Waals surface area contributed by atoms with Crippen molar-refractivity contribution in [3.05, 3.63) is 206 Å². The summed E-state index contributed by atoms with van der Waals surface area (Å²) in [5.74, 6) is 0. The SMILES string of the molecule is c1ccc(N(c2ccc(-n3c4ccccc4c4cc5c(ccn5-c5ccccc5)cc43)cc2)c2ccc3c(c2)c2ccccc2n3-c2ccccc2)cc1. The number of nitrogens with zero attached hydrogens (tertiary/aromatic N) is 4. The van der Waals surface area contributed by atoms with Crippen molar-refractivity contribution in [2.45, 2.75) is 0 Å². The Balaban J connectivity index is 1.06. The lowest BCUT2D eigenvalue weighted by molar-refractivity contribution is 1.13. The molecule has 0 saturated carbocycles. The van der Waals surface area contributed by atoms with Crippen LogP contribution in [0.3, 0.4) is 0 Å². The van der Waals surface area contributed by atoms with Gasteiger partial charge in [0, 0.05) is 67.3 Å². The van der Waals surface area contributed by atoms with E-state index in [1.807, 2.05) is 0 Å². The maximum Gasteiger partial charge on any atom is 0.0548 e. The average Bonchev–Trinajstić information content (AvgIpc) is 3.91. The van der Waals surface area contributed by atoms with Crippen molar-refractivity contribution in [3.63, 3.8) is 0 Å². The largest absolute Gasteiger partial charge is 0.317 e. The highest BCUT2D eigenvalue weighted by molar-refractivity contribution is 6.14. The van der Waals surface area contributed by atoms with Gasteiger partial charge in [0.2, 0.25) is 0 Å². The Morgan fingerprint density at radius 3 is 1.48 bits per heavy atom. The minimum absolute atomic E-state index is 1.10. The second kappa shape index (κ2) is 12.1. The normalized spacial score (nSPS) is 11.7. The molecular formula is C50H34N4. The molecule has 0 saturated heterocycles. The topological polar surface area (TPSA) is 18.0 Å². The number of aromatic nitrogens is 3. The zero-order valence-corrected chi connectivity index (χ0v) is 29.4. The lowest BCUT2D eigenvalue weighted by atomic mass is 10.1. The minimum Gasteiger partial charge on any atom is -0.317 e. The highest BCUT2D eigenvalue weighted by Crippen LogP contribution is 2.41. The van der Waals surface area contributed by atoms with E-state index in [1.165, 1.54) is 54.5 Å². The van der Waals surface area contributed by atoms with Gasteiger partial charge >= 0.3 is 0 Å². The molecule has 0 fully saturated rings. The lowest BCUT2D eigenvalue weighted by Gasteiger charge is -2.26. The summed E-state index contributed by atoms with van der Waals surface area (Å²) in [5.41, 5.74) is 12.7. The first-order valence-electron chi connectivity index (χ1n) is 18.4. The maximum absolute atomic E-state index is 2.41. The second-order valence-electron chi connectivity index (χ2n) is 13.9. The van der Waals surface area contributed by atoms with Crippen LogP contribution in [0.15, 0.2) is 206 Å². The molecule has 11 rings (SSSR count). The van der Waals surface area contributed by atoms with E-state index in [1.54, 1.807) is 0 Å². The van der Waals surface area contributed by atoms with Crippen molar-refractivity contribution in [3.8, 4) is 17.1 Å². The summed E-state index contributed by atoms with van der Waals surface area (Å²) < 4.78 is 7.06. The summed E-state index contributed by atoms with van der Waals surface area (Å²) in [7, 11) is 0. The average molecular weight is 691 g/mol. The van der Waals surface area contributed by atoms with Crippen LogP contribution in [0, 0.1) is 0 Å². The molecule has 54 heavy (non-hydrogen) atoms. The van der Waals surface area contributed by atoms with E-state index in [9.17, 15) is 0 Å². The first kappa shape index (κ1) is 30.3. The van der Waals surface area contributed by atoms with Gasteiger partial charge in [-0.05, 0) is 109 Å². The predicted molar refractivity (Wildman–Crippen MR) is 227 cm³/mol. The Hall–Kier alpha value is -7.30. The van der Waals surface area contributed by atoms with Crippen molar-refractivity contribution in [2.75, 3.05) is 4.90 Å². The van der Waals surface area contributed by atoms with Crippen LogP contribution in [0.25, 0.3) is 71.6 Å². The van der Waals surface area contributed by atoms with Gasteiger partial charge < -0.3 is 18.6 Å². The third-order valence-electron chi connectivity index (χ3n) is 10.8. The van der Waals surface area contributed by atoms with E-state index >= 15 is 0 Å². The quantitative estimate of drug-likeness (QED) is 0.170. The van der Waals surface area contributed by atoms with Crippen LogP contribution in [0.2, 0.25) is 0 Å². The molecule has 0 N–H and O–H groups in total. The van der Waals surface area contributed by atoms with Gasteiger partial charge in [-0.3, -0.25) is 0 Å². The van der Waals surface area contributed by atoms with Crippen molar-refractivity contribution < 1.29 is 0 Å². The maximum atomic E-state index is 2.41. The van der Waals surface area contributed by atoms with E-state index in [4.69, 9.17) is 0 Å². The zero-order chi connectivity index (χ0) is 35.6. The molecule has 0 spiro atoms. The Morgan fingerprint density at radius 2 is 0.796 bits per heavy atom. The van der Waals surface area contributed by atoms with Crippen LogP contribution in [-0.2, 0) is 0 Å². The fourth-order valence-corrected chi connectivity index (χ4v) is 8.42. The van der Waals surface area contributed by atoms with Crippen LogP contribution >= 0.6 is 0 Å². The van der Waals surface area contributed by atoms with E-state index in [2.05, 4.69) is 225 Å². The molecule has 11 aromatic rings. The number of fused-ring (bicyclic) bond motifs is 7. The number of para-hydroxylation sites is 5. The number of anilines is 3. The van der Waals surface area contributed by atoms with Crippen LogP contribution < -0.4 is 4.90 Å². The highest BCUT2D eigenvalue weighted by atomic mass is 15.1. The molecule has 0 aliphatic heterocycles. The van der Waals surface area contributed by atoms with E-state index in [0.29, 0.717) is 0 Å². The molecule has 0 aliphatic rings. The molecule has 254 valence electrons. The Labute approximate surface area is 312 Å². The first-order valence-corrected chi connectivity index (χ1v) is 18.4. The Morgan fingerprint density at radius 1 is 0.296 bits per heavy atom. The van der Waals surface area contributed by atoms with Crippen LogP contribution in [0.4, 0.5) is 17.1 Å². The van der Waals surface area contributed by atoms with Gasteiger partial charge in [0.05, 0.1) is 27.6 Å². The smallest absolute Gasteiger partial charge is 0.0548 e. The van der Waals surface area contributed by atoms with Crippen molar-refractivity contribution >= 4 is 71.6 Å². The fraction of sp³-hybridized carbons (Fsp3) is 0. The summed E-state index contributed by atoms with van der Waals surface area (Å²) in [4.78, 5) is 2.36. The summed E-state index contributed by atoms with van der Waals surface area (Å²) >= 11 is 0. The fourth-order valence-electron chi connectivity index (χ4n) is 8.42. The van der Waals surface area contributed by atoms with Crippen molar-refractivity contribution in [1.82, 2.24) is 13.7 Å². The van der Waals surface area contributed by atoms with Gasteiger partial charge in [-0.25, -0.2) is 0 Å². The van der Waals surface area contributed by atoms with Gasteiger partial charge in [-0.15, -0.1) is 0 Å². The predicted octanol–water partition coefficient (Wildman–Crippen LogP) is 13.3. The van der Waals surface area contributed by atoms with Crippen LogP contribution in [-0.4, -0.2) is 13.7 Å². The van der Waals surface area contributed by atoms with Crippen molar-refractivity contribution in [1.29, 1.82) is 0 Å². The molecule has 8 aromatic carbocycles. The summed E-state index contributed by atoms with van der Waals surface area (Å²) in [6.07, 6.45) is 2.18. The number of hydrogen-bond acceptors (Lipinski definition) is 1. The standard InChI is InChI=1S/C50H34N4/c1-4-14-36(15-5-1)51-31-30-35-32-50-45(34-49(35)51)43-21-11-13-23-47(43)54(50)40-26-24-39(25-27-40)52(37-16-6-2-7-17-37)41-28-29-48-44(33-41)42-20-10-12-22-46(42)53(48)38-18-8-3-9-19-38/h1-34H. The third kappa shape index (κ3) is 4.70. The Kier molecular flexibility index (Phi) is 6.82. The molecule has 0 radical (unpaired) electrons. The summed E-state index contributed by atoms with van der Waals surface area (Å²) in [6.45, 7) is 0. The second-order valence-corrected chi connectivity index (χ2v) is 13.9. The summed E-state index contributed by atoms with van der Waals surface area (Å²) in [5, 5.41) is 6.16. The van der Waals surface area contributed by atoms with Crippen molar-refractivity contribution in [2.24, 2.45) is 0 Å². The molecule has 4 heteroatoms. The highest BCUT2D eigenvalue weighted by Gasteiger charge is 2.19. The molecule has 0 amide bonds.